The topological polar surface area (TPSA) is 161 Å². The third-order valence-electron chi connectivity index (χ3n) is 9.55. The van der Waals surface area contributed by atoms with Crippen LogP contribution in [0.5, 0.6) is 5.75 Å². The first-order valence-electron chi connectivity index (χ1n) is 13.6. The summed E-state index contributed by atoms with van der Waals surface area (Å²) in [5.74, 6) is -7.53. The second-order valence-electron chi connectivity index (χ2n) is 11.8. The highest BCUT2D eigenvalue weighted by molar-refractivity contribution is 7.99. The third-order valence-corrected chi connectivity index (χ3v) is 10.9. The number of amides is 1. The van der Waals surface area contributed by atoms with Crippen LogP contribution >= 0.6 is 11.8 Å². The van der Waals surface area contributed by atoms with Crippen molar-refractivity contribution in [3.05, 3.63) is 75.6 Å². The highest BCUT2D eigenvalue weighted by Gasteiger charge is 2.67. The molecule has 0 spiro atoms. The molecular formula is C31H32N2O7S. The monoisotopic (exact) mass is 576 g/mol. The lowest BCUT2D eigenvalue weighted by atomic mass is 9.51. The van der Waals surface area contributed by atoms with E-state index in [4.69, 9.17) is 5.73 Å². The maximum absolute atomic E-state index is 14.3. The number of carbonyl (C=O) groups excluding carboxylic acids is 3. The molecule has 4 aliphatic rings. The first-order chi connectivity index (χ1) is 19.3. The number of aliphatic hydroxyl groups is 3. The summed E-state index contributed by atoms with van der Waals surface area (Å²) in [6.07, 6.45) is 0.689. The molecule has 214 valence electrons. The van der Waals surface area contributed by atoms with Crippen LogP contribution in [-0.4, -0.2) is 68.5 Å². The van der Waals surface area contributed by atoms with E-state index in [2.05, 4.69) is 0 Å². The van der Waals surface area contributed by atoms with Gasteiger partial charge >= 0.3 is 0 Å². The zero-order valence-corrected chi connectivity index (χ0v) is 23.9. The Hall–Kier alpha value is -3.60. The molecule has 2 aromatic carbocycles. The van der Waals surface area contributed by atoms with Crippen molar-refractivity contribution < 1.29 is 34.8 Å². The molecule has 1 fully saturated rings. The lowest BCUT2D eigenvalue weighted by molar-refractivity contribution is -0.160. The van der Waals surface area contributed by atoms with Crippen LogP contribution in [0.3, 0.4) is 0 Å². The fourth-order valence-electron chi connectivity index (χ4n) is 7.73. The molecule has 6 N–H and O–H groups in total. The molecule has 6 rings (SSSR count). The first-order valence-corrected chi connectivity index (χ1v) is 14.4. The number of aromatic hydroxyl groups is 1. The summed E-state index contributed by atoms with van der Waals surface area (Å²) in [5, 5.41) is 46.3. The number of hydrogen-bond acceptors (Lipinski definition) is 9. The van der Waals surface area contributed by atoms with E-state index in [1.807, 2.05) is 43.3 Å². The van der Waals surface area contributed by atoms with Crippen LogP contribution in [0.4, 0.5) is 0 Å². The minimum absolute atomic E-state index is 0.103. The summed E-state index contributed by atoms with van der Waals surface area (Å²) < 4.78 is 0. The molecule has 1 aliphatic heterocycles. The van der Waals surface area contributed by atoms with Crippen molar-refractivity contribution in [2.75, 3.05) is 14.1 Å². The zero-order valence-electron chi connectivity index (χ0n) is 23.1. The molecule has 3 aliphatic carbocycles. The van der Waals surface area contributed by atoms with Crippen molar-refractivity contribution >= 4 is 35.0 Å². The molecule has 9 nitrogen and oxygen atoms in total. The number of fused-ring (bicyclic) bond motifs is 4. The molecule has 0 radical (unpaired) electrons. The fraction of sp³-hybridized carbons (Fsp3) is 0.387. The van der Waals surface area contributed by atoms with E-state index in [1.165, 1.54) is 4.90 Å². The molecule has 7 atom stereocenters. The van der Waals surface area contributed by atoms with Gasteiger partial charge in [0.05, 0.1) is 11.6 Å². The van der Waals surface area contributed by atoms with Gasteiger partial charge < -0.3 is 26.2 Å². The van der Waals surface area contributed by atoms with Crippen LogP contribution in [0.15, 0.2) is 58.2 Å². The number of nitrogens with two attached hydrogens (primary N) is 1. The molecular weight excluding hydrogens is 544 g/mol. The number of Topliss-reactive ketones (excluding diaryl/α,β-unsaturated/α-hetero) is 2. The molecule has 0 saturated heterocycles. The highest BCUT2D eigenvalue weighted by Crippen LogP contribution is 2.59. The Bertz CT molecular complexity index is 1590. The number of ketones is 2. The number of benzene rings is 2. The van der Waals surface area contributed by atoms with E-state index in [0.29, 0.717) is 17.5 Å². The Morgan fingerprint density at radius 3 is 2.34 bits per heavy atom. The first kappa shape index (κ1) is 27.6. The Labute approximate surface area is 241 Å². The largest absolute Gasteiger partial charge is 0.508 e. The van der Waals surface area contributed by atoms with Crippen molar-refractivity contribution in [2.24, 2.45) is 23.5 Å². The summed E-state index contributed by atoms with van der Waals surface area (Å²) in [6, 6.07) is 10.6. The average Bonchev–Trinajstić information content (AvgIpc) is 3.34. The van der Waals surface area contributed by atoms with Gasteiger partial charge in [-0.15, -0.1) is 11.8 Å². The summed E-state index contributed by atoms with van der Waals surface area (Å²) in [5.41, 5.74) is 4.32. The molecule has 0 aromatic heterocycles. The number of thioether (sulfide) groups is 1. The van der Waals surface area contributed by atoms with Gasteiger partial charge in [-0.1, -0.05) is 44.2 Å². The van der Waals surface area contributed by atoms with E-state index in [0.717, 1.165) is 10.5 Å². The third kappa shape index (κ3) is 3.53. The number of hydrogen-bond donors (Lipinski definition) is 5. The van der Waals surface area contributed by atoms with Crippen molar-refractivity contribution in [1.29, 1.82) is 0 Å². The van der Waals surface area contributed by atoms with Crippen molar-refractivity contribution in [3.63, 3.8) is 0 Å². The summed E-state index contributed by atoms with van der Waals surface area (Å²) in [6.45, 7) is 3.64. The number of carbonyl (C=O) groups is 3. The van der Waals surface area contributed by atoms with Gasteiger partial charge in [0.15, 0.2) is 11.4 Å². The van der Waals surface area contributed by atoms with Gasteiger partial charge in [0.1, 0.15) is 22.8 Å². The second kappa shape index (κ2) is 9.20. The number of primary amides is 1. The lowest BCUT2D eigenvalue weighted by Crippen LogP contribution is -2.68. The van der Waals surface area contributed by atoms with Gasteiger partial charge in [-0.05, 0) is 49.5 Å². The van der Waals surface area contributed by atoms with E-state index in [1.54, 1.807) is 32.8 Å². The molecule has 1 saturated carbocycles. The molecule has 10 heteroatoms. The van der Waals surface area contributed by atoms with Crippen LogP contribution in [0.1, 0.15) is 47.3 Å². The van der Waals surface area contributed by atoms with Gasteiger partial charge in [0, 0.05) is 33.1 Å². The van der Waals surface area contributed by atoms with E-state index < -0.39 is 69.9 Å². The minimum Gasteiger partial charge on any atom is -0.508 e. The Kier molecular flexibility index (Phi) is 6.19. The maximum Gasteiger partial charge on any atom is 0.255 e. The van der Waals surface area contributed by atoms with Gasteiger partial charge in [-0.2, -0.15) is 0 Å². The lowest BCUT2D eigenvalue weighted by Gasteiger charge is -2.54. The van der Waals surface area contributed by atoms with Gasteiger partial charge in [0.2, 0.25) is 5.78 Å². The summed E-state index contributed by atoms with van der Waals surface area (Å²) in [7, 11) is 3.17. The summed E-state index contributed by atoms with van der Waals surface area (Å²) >= 11 is 1.62. The molecule has 2 aromatic rings. The van der Waals surface area contributed by atoms with Gasteiger partial charge in [-0.3, -0.25) is 19.3 Å². The SMILES string of the molecule is C[C@H]1[C@H]2C(=C(O)c3c(ccc(C4Cc5ccccc5S4)c3O)[C@@H]2C)C(=O)[C@]2(O)C(O)=C(C(N)=O)C(=O)[C@@H](N(C)C)[C@H]12. The van der Waals surface area contributed by atoms with E-state index >= 15 is 0 Å². The molecule has 1 amide bonds. The van der Waals surface area contributed by atoms with Crippen molar-refractivity contribution in [1.82, 2.24) is 4.90 Å². The number of aliphatic hydroxyl groups excluding tert-OH is 2. The van der Waals surface area contributed by atoms with Crippen LogP contribution in [0.25, 0.3) is 5.76 Å². The quantitative estimate of drug-likeness (QED) is 0.346. The van der Waals surface area contributed by atoms with Gasteiger partial charge in [-0.25, -0.2) is 0 Å². The Morgan fingerprint density at radius 1 is 1.05 bits per heavy atom. The van der Waals surface area contributed by atoms with Crippen LogP contribution in [0, 0.1) is 17.8 Å². The second-order valence-corrected chi connectivity index (χ2v) is 13.0. The number of rotatable bonds is 3. The van der Waals surface area contributed by atoms with Crippen LogP contribution in [0.2, 0.25) is 0 Å². The van der Waals surface area contributed by atoms with Crippen LogP contribution in [-0.2, 0) is 20.8 Å². The number of likely N-dealkylation sites (N-methyl/N-ethyl adjacent to an activating group) is 1. The Morgan fingerprint density at radius 2 is 1.71 bits per heavy atom. The van der Waals surface area contributed by atoms with Crippen LogP contribution < -0.4 is 5.73 Å². The van der Waals surface area contributed by atoms with Crippen molar-refractivity contribution in [3.8, 4) is 5.75 Å². The standard InChI is InChI=1S/C31H32N2O7S/c1-12-15-9-10-16(18-11-14-7-5-6-8-17(14)41-18)25(34)20(15)26(35)21-19(12)13(2)23-24(33(3)4)27(36)22(30(32)39)29(38)31(23,40)28(21)37/h5-10,12-13,18-19,23-24,34-35,38,40H,11H2,1-4H3,(H2,32,39)/t12-,13-,18?,19-,23-,24-,31-/m0/s1. The molecule has 1 heterocycles. The van der Waals surface area contributed by atoms with E-state index in [9.17, 15) is 34.8 Å². The van der Waals surface area contributed by atoms with Crippen molar-refractivity contribution in [2.45, 2.75) is 48.0 Å². The fourth-order valence-corrected chi connectivity index (χ4v) is 9.08. The number of phenolic OH excluding ortho intramolecular Hbond substituents is 1. The predicted molar refractivity (Wildman–Crippen MR) is 152 cm³/mol. The zero-order chi connectivity index (χ0) is 29.7. The van der Waals surface area contributed by atoms with Gasteiger partial charge in [0.25, 0.3) is 5.91 Å². The predicted octanol–water partition coefficient (Wildman–Crippen LogP) is 3.16. The van der Waals surface area contributed by atoms with E-state index in [-0.39, 0.29) is 22.1 Å². The summed E-state index contributed by atoms with van der Waals surface area (Å²) in [4.78, 5) is 42.5. The maximum atomic E-state index is 14.3. The number of phenols is 1. The molecule has 41 heavy (non-hydrogen) atoms. The number of nitrogens with zero attached hydrogens (tertiary/aromatic N) is 1. The Balaban J connectivity index is 1.54. The minimum atomic E-state index is -2.68. The molecule has 1 unspecified atom stereocenters. The normalized spacial score (nSPS) is 32.5. The smallest absolute Gasteiger partial charge is 0.255 e. The average molecular weight is 577 g/mol. The molecule has 0 bridgehead atoms. The highest BCUT2D eigenvalue weighted by atomic mass is 32.2.